The van der Waals surface area contributed by atoms with Crippen LogP contribution in [0, 0.1) is 5.92 Å². The molecule has 44 heavy (non-hydrogen) atoms. The van der Waals surface area contributed by atoms with Crippen molar-refractivity contribution in [1.82, 2.24) is 5.32 Å². The molecule has 4 rings (SSSR count). The van der Waals surface area contributed by atoms with Crippen molar-refractivity contribution in [2.24, 2.45) is 5.92 Å². The van der Waals surface area contributed by atoms with Crippen LogP contribution in [0.1, 0.15) is 65.9 Å². The Morgan fingerprint density at radius 1 is 1.16 bits per heavy atom. The van der Waals surface area contributed by atoms with E-state index in [1.165, 1.54) is 13.0 Å². The number of amides is 1. The smallest absolute Gasteiger partial charge is 0.303 e. The van der Waals surface area contributed by atoms with Gasteiger partial charge in [-0.1, -0.05) is 61.1 Å². The third-order valence-corrected chi connectivity index (χ3v) is 8.62. The number of aliphatic hydroxyl groups is 1. The molecule has 1 amide bonds. The molecule has 3 aliphatic heterocycles. The number of epoxide rings is 1. The van der Waals surface area contributed by atoms with Crippen molar-refractivity contribution in [3.05, 3.63) is 71.8 Å². The minimum absolute atomic E-state index is 0.0287. The first-order chi connectivity index (χ1) is 21.0. The zero-order chi connectivity index (χ0) is 31.7. The molecule has 2 N–H and O–H groups in total. The quantitative estimate of drug-likeness (QED) is 0.110. The number of hydrogen-bond acceptors (Lipinski definition) is 8. The van der Waals surface area contributed by atoms with Crippen molar-refractivity contribution in [3.63, 3.8) is 0 Å². The summed E-state index contributed by atoms with van der Waals surface area (Å²) >= 11 is 0. The minimum Gasteiger partial charge on any atom is -0.459 e. The highest BCUT2D eigenvalue weighted by Crippen LogP contribution is 2.43. The summed E-state index contributed by atoms with van der Waals surface area (Å²) in [7, 11) is 0. The van der Waals surface area contributed by atoms with Crippen LogP contribution in [0.5, 0.6) is 0 Å². The largest absolute Gasteiger partial charge is 0.459 e. The van der Waals surface area contributed by atoms with Gasteiger partial charge in [-0.05, 0) is 57.6 Å². The van der Waals surface area contributed by atoms with Gasteiger partial charge in [0.15, 0.2) is 0 Å². The van der Waals surface area contributed by atoms with Crippen molar-refractivity contribution in [2.45, 2.75) is 115 Å². The van der Waals surface area contributed by atoms with Crippen LogP contribution in [0.25, 0.3) is 0 Å². The van der Waals surface area contributed by atoms with Gasteiger partial charge >= 0.3 is 5.97 Å². The molecule has 9 heteroatoms. The van der Waals surface area contributed by atoms with Crippen LogP contribution >= 0.6 is 0 Å². The Morgan fingerprint density at radius 3 is 2.61 bits per heavy atom. The fraction of sp³-hybridized carbons (Fsp3) is 0.600. The summed E-state index contributed by atoms with van der Waals surface area (Å²) in [6.07, 6.45) is 10.2. The van der Waals surface area contributed by atoms with Crippen molar-refractivity contribution in [1.29, 1.82) is 0 Å². The molecule has 9 atom stereocenters. The number of aliphatic hydroxyl groups excluding tert-OH is 1. The fourth-order valence-electron chi connectivity index (χ4n) is 5.92. The van der Waals surface area contributed by atoms with Gasteiger partial charge in [0.25, 0.3) is 0 Å². The van der Waals surface area contributed by atoms with Gasteiger partial charge in [0.1, 0.15) is 23.9 Å². The topological polar surface area (TPSA) is 116 Å². The maximum atomic E-state index is 12.4. The Morgan fingerprint density at radius 2 is 1.91 bits per heavy atom. The van der Waals surface area contributed by atoms with E-state index in [0.29, 0.717) is 26.2 Å². The van der Waals surface area contributed by atoms with Crippen LogP contribution in [-0.4, -0.2) is 78.5 Å². The lowest BCUT2D eigenvalue weighted by Crippen LogP contribution is -2.50. The Labute approximate surface area is 261 Å². The van der Waals surface area contributed by atoms with Crippen LogP contribution in [0.3, 0.4) is 0 Å². The molecule has 0 aromatic heterocycles. The number of esters is 1. The molecule has 3 aliphatic rings. The molecule has 1 aromatic carbocycles. The van der Waals surface area contributed by atoms with E-state index in [1.54, 1.807) is 13.0 Å². The lowest BCUT2D eigenvalue weighted by molar-refractivity contribution is -0.143. The highest BCUT2D eigenvalue weighted by Gasteiger charge is 2.58. The van der Waals surface area contributed by atoms with Crippen LogP contribution in [0.2, 0.25) is 0 Å². The van der Waals surface area contributed by atoms with E-state index in [4.69, 9.17) is 23.7 Å². The molecule has 3 heterocycles. The summed E-state index contributed by atoms with van der Waals surface area (Å²) in [6, 6.07) is 9.99. The molecule has 3 fully saturated rings. The van der Waals surface area contributed by atoms with E-state index >= 15 is 0 Å². The molecule has 0 aliphatic carbocycles. The predicted molar refractivity (Wildman–Crippen MR) is 167 cm³/mol. The van der Waals surface area contributed by atoms with Gasteiger partial charge in [0.05, 0.1) is 37.6 Å². The second-order valence-corrected chi connectivity index (χ2v) is 12.5. The number of carbonyl (C=O) groups is 2. The number of rotatable bonds is 13. The van der Waals surface area contributed by atoms with Crippen LogP contribution < -0.4 is 5.32 Å². The molecular formula is C35H49NO8. The van der Waals surface area contributed by atoms with Gasteiger partial charge in [0.2, 0.25) is 5.91 Å². The monoisotopic (exact) mass is 611 g/mol. The number of hydrogen-bond donors (Lipinski definition) is 2. The highest BCUT2D eigenvalue weighted by atomic mass is 16.6. The second-order valence-electron chi connectivity index (χ2n) is 12.5. The Bertz CT molecular complexity index is 1180. The first-order valence-corrected chi connectivity index (χ1v) is 15.8. The highest BCUT2D eigenvalue weighted by molar-refractivity contribution is 5.87. The van der Waals surface area contributed by atoms with Gasteiger partial charge in [0, 0.05) is 26.0 Å². The summed E-state index contributed by atoms with van der Waals surface area (Å²) in [5.41, 5.74) is 1.69. The van der Waals surface area contributed by atoms with Gasteiger partial charge in [-0.25, -0.2) is 0 Å². The van der Waals surface area contributed by atoms with Gasteiger partial charge in [-0.3, -0.25) is 9.59 Å². The molecule has 0 bridgehead atoms. The van der Waals surface area contributed by atoms with Gasteiger partial charge < -0.3 is 34.1 Å². The van der Waals surface area contributed by atoms with E-state index < -0.39 is 23.9 Å². The summed E-state index contributed by atoms with van der Waals surface area (Å²) < 4.78 is 29.2. The zero-order valence-corrected chi connectivity index (χ0v) is 26.6. The molecule has 1 unspecified atom stereocenters. The van der Waals surface area contributed by atoms with E-state index in [0.717, 1.165) is 30.4 Å². The maximum absolute atomic E-state index is 12.4. The molecule has 1 aromatic rings. The lowest BCUT2D eigenvalue weighted by Gasteiger charge is -2.39. The first kappa shape index (κ1) is 34.1. The SMILES string of the molecule is CC(=O)O[C@@H](C)/C=C\C(=O)N[C@@H]1C[C@H](C)[C@H](C/C=C(C)/C=C/C2O[C@H](CCOCc3ccccc3)C[C@]3(CO3)[C@H]2O)O[C@@H]1C. The van der Waals surface area contributed by atoms with Crippen molar-refractivity contribution >= 4 is 11.9 Å². The molecule has 3 saturated heterocycles. The third kappa shape index (κ3) is 10.1. The fourth-order valence-corrected chi connectivity index (χ4v) is 5.92. The predicted octanol–water partition coefficient (Wildman–Crippen LogP) is 4.58. The standard InChI is InChI=1S/C35H49NO8/c1-23(11-14-31-24(2)19-30(26(4)43-31)36-33(38)16-13-25(3)42-27(5)37)12-15-32-34(39)35(22-41-35)20-29(44-32)17-18-40-21-28-9-7-6-8-10-28/h6-13,15-16,24-26,29-32,34,39H,14,17-22H2,1-5H3,(H,36,38)/b15-12+,16-13-,23-11+/t24-,25-,26+,29+,30+,31-,32?,34-,35-/m0/s1. The molecular weight excluding hydrogens is 562 g/mol. The van der Waals surface area contributed by atoms with Crippen LogP contribution in [-0.2, 0) is 39.9 Å². The molecule has 0 saturated carbocycles. The molecule has 9 nitrogen and oxygen atoms in total. The van der Waals surface area contributed by atoms with Gasteiger partial charge in [-0.15, -0.1) is 0 Å². The number of nitrogens with one attached hydrogen (secondary N) is 1. The summed E-state index contributed by atoms with van der Waals surface area (Å²) in [5.74, 6) is -0.375. The average Bonchev–Trinajstić information content (AvgIpc) is 3.76. The summed E-state index contributed by atoms with van der Waals surface area (Å²) in [5, 5.41) is 14.0. The molecule has 0 radical (unpaired) electrons. The van der Waals surface area contributed by atoms with E-state index in [-0.39, 0.29) is 42.1 Å². The summed E-state index contributed by atoms with van der Waals surface area (Å²) in [6.45, 7) is 10.9. The molecule has 242 valence electrons. The normalized spacial score (nSPS) is 33.0. The number of benzene rings is 1. The Hall–Kier alpha value is -2.82. The first-order valence-electron chi connectivity index (χ1n) is 15.8. The third-order valence-electron chi connectivity index (χ3n) is 8.62. The Balaban J connectivity index is 1.23. The van der Waals surface area contributed by atoms with Crippen molar-refractivity contribution < 1.29 is 38.4 Å². The van der Waals surface area contributed by atoms with Crippen LogP contribution in [0.4, 0.5) is 0 Å². The van der Waals surface area contributed by atoms with Crippen molar-refractivity contribution in [3.8, 4) is 0 Å². The number of carbonyl (C=O) groups excluding carboxylic acids is 2. The second kappa shape index (κ2) is 16.0. The molecule has 1 spiro atoms. The zero-order valence-electron chi connectivity index (χ0n) is 26.6. The Kier molecular flexibility index (Phi) is 12.3. The lowest BCUT2D eigenvalue weighted by atomic mass is 9.87. The van der Waals surface area contributed by atoms with E-state index in [2.05, 4.69) is 18.3 Å². The number of allylic oxidation sites excluding steroid dienone is 2. The maximum Gasteiger partial charge on any atom is 0.303 e. The van der Waals surface area contributed by atoms with Crippen molar-refractivity contribution in [2.75, 3.05) is 13.2 Å². The minimum atomic E-state index is -0.706. The van der Waals surface area contributed by atoms with Gasteiger partial charge in [-0.2, -0.15) is 0 Å². The van der Waals surface area contributed by atoms with Crippen LogP contribution in [0.15, 0.2) is 66.3 Å². The number of ether oxygens (including phenoxy) is 5. The summed E-state index contributed by atoms with van der Waals surface area (Å²) in [4.78, 5) is 23.5. The van der Waals surface area contributed by atoms with E-state index in [9.17, 15) is 14.7 Å². The van der Waals surface area contributed by atoms with E-state index in [1.807, 2.05) is 56.3 Å². The average molecular weight is 612 g/mol.